The second kappa shape index (κ2) is 6.46. The van der Waals surface area contributed by atoms with Crippen molar-refractivity contribution in [2.75, 3.05) is 13.7 Å². The zero-order chi connectivity index (χ0) is 14.8. The summed E-state index contributed by atoms with van der Waals surface area (Å²) < 4.78 is 6.25. The van der Waals surface area contributed by atoms with Crippen LogP contribution in [0.5, 0.6) is 5.75 Å². The highest BCUT2D eigenvalue weighted by molar-refractivity contribution is 9.10. The molecule has 1 aliphatic carbocycles. The van der Waals surface area contributed by atoms with Gasteiger partial charge in [0.05, 0.1) is 11.6 Å². The highest BCUT2D eigenvalue weighted by atomic mass is 79.9. The summed E-state index contributed by atoms with van der Waals surface area (Å²) in [6.45, 7) is 5.29. The molecule has 3 nitrogen and oxygen atoms in total. The molecule has 1 aromatic rings. The topological polar surface area (TPSA) is 47.3 Å². The number of methoxy groups -OCH3 is 1. The quantitative estimate of drug-likeness (QED) is 0.860. The number of rotatable bonds is 5. The minimum Gasteiger partial charge on any atom is -0.496 e. The second-order valence-electron chi connectivity index (χ2n) is 6.45. The zero-order valence-electron chi connectivity index (χ0n) is 12.6. The van der Waals surface area contributed by atoms with Crippen molar-refractivity contribution in [3.63, 3.8) is 0 Å². The Labute approximate surface area is 130 Å². The Balaban J connectivity index is 2.07. The van der Waals surface area contributed by atoms with E-state index in [9.17, 15) is 0 Å². The van der Waals surface area contributed by atoms with E-state index in [2.05, 4.69) is 47.2 Å². The van der Waals surface area contributed by atoms with Crippen LogP contribution in [0.3, 0.4) is 0 Å². The molecule has 112 valence electrons. The van der Waals surface area contributed by atoms with Crippen LogP contribution in [0.15, 0.2) is 22.7 Å². The van der Waals surface area contributed by atoms with Crippen LogP contribution in [0, 0.1) is 5.41 Å². The predicted molar refractivity (Wildman–Crippen MR) is 87.0 cm³/mol. The monoisotopic (exact) mass is 340 g/mol. The van der Waals surface area contributed by atoms with Gasteiger partial charge in [-0.2, -0.15) is 0 Å². The standard InChI is InChI=1S/C16H25BrN2O/c1-16(2)7-6-12(9-16)19-14(10-18)11-4-5-15(20-3)13(17)8-11/h4-5,8,12,14,19H,6-7,9-10,18H2,1-3H3. The normalized spacial score (nSPS) is 22.8. The van der Waals surface area contributed by atoms with Gasteiger partial charge >= 0.3 is 0 Å². The van der Waals surface area contributed by atoms with E-state index in [1.165, 1.54) is 24.8 Å². The van der Waals surface area contributed by atoms with E-state index in [0.717, 1.165) is 10.2 Å². The number of benzene rings is 1. The first-order valence-corrected chi connectivity index (χ1v) is 8.04. The first kappa shape index (κ1) is 15.8. The third kappa shape index (κ3) is 3.74. The third-order valence-electron chi connectivity index (χ3n) is 4.22. The summed E-state index contributed by atoms with van der Waals surface area (Å²) in [5.41, 5.74) is 7.63. The lowest BCUT2D eigenvalue weighted by molar-refractivity contribution is 0.353. The summed E-state index contributed by atoms with van der Waals surface area (Å²) in [6, 6.07) is 6.95. The minimum absolute atomic E-state index is 0.205. The fourth-order valence-electron chi connectivity index (χ4n) is 3.06. The van der Waals surface area contributed by atoms with Gasteiger partial charge in [-0.25, -0.2) is 0 Å². The van der Waals surface area contributed by atoms with E-state index in [1.807, 2.05) is 6.07 Å². The molecule has 0 aromatic heterocycles. The fraction of sp³-hybridized carbons (Fsp3) is 0.625. The Hall–Kier alpha value is -0.580. The molecule has 20 heavy (non-hydrogen) atoms. The molecule has 2 rings (SSSR count). The number of hydrogen-bond donors (Lipinski definition) is 2. The zero-order valence-corrected chi connectivity index (χ0v) is 14.2. The Morgan fingerprint density at radius 3 is 2.75 bits per heavy atom. The number of nitrogens with two attached hydrogens (primary N) is 1. The Morgan fingerprint density at radius 2 is 2.25 bits per heavy atom. The molecule has 3 N–H and O–H groups in total. The van der Waals surface area contributed by atoms with Gasteiger partial charge in [0.25, 0.3) is 0 Å². The van der Waals surface area contributed by atoms with Crippen LogP contribution in [0.25, 0.3) is 0 Å². The number of halogens is 1. The van der Waals surface area contributed by atoms with Gasteiger partial charge in [-0.3, -0.25) is 0 Å². The van der Waals surface area contributed by atoms with Gasteiger partial charge in [0.1, 0.15) is 5.75 Å². The van der Waals surface area contributed by atoms with E-state index >= 15 is 0 Å². The van der Waals surface area contributed by atoms with E-state index in [1.54, 1.807) is 7.11 Å². The molecule has 0 saturated heterocycles. The van der Waals surface area contributed by atoms with E-state index in [0.29, 0.717) is 18.0 Å². The van der Waals surface area contributed by atoms with E-state index in [4.69, 9.17) is 10.5 Å². The minimum atomic E-state index is 0.205. The highest BCUT2D eigenvalue weighted by Crippen LogP contribution is 2.38. The van der Waals surface area contributed by atoms with E-state index < -0.39 is 0 Å². The summed E-state index contributed by atoms with van der Waals surface area (Å²) in [5.74, 6) is 0.853. The van der Waals surface area contributed by atoms with Gasteiger partial charge in [0, 0.05) is 18.6 Å². The summed E-state index contributed by atoms with van der Waals surface area (Å²) >= 11 is 3.54. The molecule has 0 heterocycles. The number of ether oxygens (including phenoxy) is 1. The smallest absolute Gasteiger partial charge is 0.133 e. The van der Waals surface area contributed by atoms with Crippen molar-refractivity contribution in [1.29, 1.82) is 0 Å². The molecule has 1 aromatic carbocycles. The van der Waals surface area contributed by atoms with Crippen LogP contribution >= 0.6 is 15.9 Å². The fourth-order valence-corrected chi connectivity index (χ4v) is 3.62. The van der Waals surface area contributed by atoms with Gasteiger partial charge in [-0.05, 0) is 58.3 Å². The Bertz CT molecular complexity index is 462. The first-order valence-electron chi connectivity index (χ1n) is 7.25. The van der Waals surface area contributed by atoms with Crippen molar-refractivity contribution in [2.24, 2.45) is 11.1 Å². The van der Waals surface area contributed by atoms with E-state index in [-0.39, 0.29) is 6.04 Å². The molecule has 2 unspecified atom stereocenters. The number of nitrogens with one attached hydrogen (secondary N) is 1. The number of hydrogen-bond acceptors (Lipinski definition) is 3. The van der Waals surface area contributed by atoms with Crippen molar-refractivity contribution in [3.8, 4) is 5.75 Å². The van der Waals surface area contributed by atoms with Crippen molar-refractivity contribution in [1.82, 2.24) is 5.32 Å². The Morgan fingerprint density at radius 1 is 1.50 bits per heavy atom. The maximum atomic E-state index is 5.96. The molecule has 1 fully saturated rings. The lowest BCUT2D eigenvalue weighted by Crippen LogP contribution is -2.35. The van der Waals surface area contributed by atoms with Crippen LogP contribution in [0.2, 0.25) is 0 Å². The SMILES string of the molecule is COc1ccc(C(CN)NC2CCC(C)(C)C2)cc1Br. The van der Waals surface area contributed by atoms with Crippen molar-refractivity contribution >= 4 is 15.9 Å². The average Bonchev–Trinajstić information content (AvgIpc) is 2.75. The predicted octanol–water partition coefficient (Wildman–Crippen LogP) is 3.63. The van der Waals surface area contributed by atoms with Crippen LogP contribution < -0.4 is 15.8 Å². The molecule has 4 heteroatoms. The average molecular weight is 341 g/mol. The molecule has 0 amide bonds. The maximum absolute atomic E-state index is 5.96. The molecular weight excluding hydrogens is 316 g/mol. The van der Waals surface area contributed by atoms with Crippen LogP contribution in [-0.2, 0) is 0 Å². The molecule has 1 aliphatic rings. The molecule has 0 bridgehead atoms. The summed E-state index contributed by atoms with van der Waals surface area (Å²) in [7, 11) is 1.68. The molecule has 0 spiro atoms. The molecular formula is C16H25BrN2O. The van der Waals surface area contributed by atoms with Gasteiger partial charge < -0.3 is 15.8 Å². The van der Waals surface area contributed by atoms with Crippen LogP contribution in [0.1, 0.15) is 44.7 Å². The summed E-state index contributed by atoms with van der Waals surface area (Å²) in [5, 5.41) is 3.72. The molecule has 1 saturated carbocycles. The first-order chi connectivity index (χ1) is 9.45. The highest BCUT2D eigenvalue weighted by Gasteiger charge is 2.31. The van der Waals surface area contributed by atoms with Crippen LogP contribution in [-0.4, -0.2) is 19.7 Å². The third-order valence-corrected chi connectivity index (χ3v) is 4.84. The lowest BCUT2D eigenvalue weighted by atomic mass is 9.91. The van der Waals surface area contributed by atoms with Gasteiger partial charge in [0.2, 0.25) is 0 Å². The molecule has 0 radical (unpaired) electrons. The van der Waals surface area contributed by atoms with Crippen LogP contribution in [0.4, 0.5) is 0 Å². The second-order valence-corrected chi connectivity index (χ2v) is 7.31. The molecule has 0 aliphatic heterocycles. The van der Waals surface area contributed by atoms with Crippen molar-refractivity contribution in [2.45, 2.75) is 45.2 Å². The summed E-state index contributed by atoms with van der Waals surface area (Å²) in [4.78, 5) is 0. The van der Waals surface area contributed by atoms with Gasteiger partial charge in [-0.1, -0.05) is 19.9 Å². The Kier molecular flexibility index (Phi) is 5.10. The van der Waals surface area contributed by atoms with Crippen molar-refractivity contribution < 1.29 is 4.74 Å². The summed E-state index contributed by atoms with van der Waals surface area (Å²) in [6.07, 6.45) is 3.75. The maximum Gasteiger partial charge on any atom is 0.133 e. The van der Waals surface area contributed by atoms with Gasteiger partial charge in [0.15, 0.2) is 0 Å². The van der Waals surface area contributed by atoms with Crippen molar-refractivity contribution in [3.05, 3.63) is 28.2 Å². The molecule has 2 atom stereocenters. The lowest BCUT2D eigenvalue weighted by Gasteiger charge is -2.24. The largest absolute Gasteiger partial charge is 0.496 e. The van der Waals surface area contributed by atoms with Gasteiger partial charge in [-0.15, -0.1) is 0 Å².